The van der Waals surface area contributed by atoms with Crippen LogP contribution in [-0.2, 0) is 15.9 Å². The molecule has 0 amide bonds. The third-order valence-electron chi connectivity index (χ3n) is 2.88. The van der Waals surface area contributed by atoms with Gasteiger partial charge in [0.15, 0.2) is 5.03 Å². The van der Waals surface area contributed by atoms with Crippen LogP contribution in [0.15, 0.2) is 40.3 Å². The van der Waals surface area contributed by atoms with Gasteiger partial charge in [-0.2, -0.15) is 18.3 Å². The lowest BCUT2D eigenvalue weighted by Gasteiger charge is -2.12. The molecule has 0 saturated carbocycles. The fourth-order valence-electron chi connectivity index (χ4n) is 1.81. The Morgan fingerprint density at radius 2 is 1.91 bits per heavy atom. The molecule has 122 valence electrons. The van der Waals surface area contributed by atoms with Gasteiger partial charge in [0.1, 0.15) is 9.73 Å². The molecule has 23 heavy (non-hydrogen) atoms. The van der Waals surface area contributed by atoms with Gasteiger partial charge in [0, 0.05) is 0 Å². The normalized spacial score (nSPS) is 14.3. The Morgan fingerprint density at radius 3 is 2.48 bits per heavy atom. The van der Waals surface area contributed by atoms with Crippen LogP contribution >= 0.6 is 0 Å². The van der Waals surface area contributed by atoms with E-state index in [0.717, 1.165) is 24.3 Å². The molecule has 1 aromatic heterocycles. The van der Waals surface area contributed by atoms with Crippen molar-refractivity contribution in [3.8, 4) is 0 Å². The summed E-state index contributed by atoms with van der Waals surface area (Å²) in [4.78, 5) is 10.7. The fraction of sp³-hybridized carbons (Fsp3) is 0.154. The largest absolute Gasteiger partial charge is 0.478 e. The summed E-state index contributed by atoms with van der Waals surface area (Å²) in [5.41, 5.74) is -1.41. The van der Waals surface area contributed by atoms with E-state index in [1.54, 1.807) is 0 Å². The van der Waals surface area contributed by atoms with Crippen molar-refractivity contribution >= 4 is 15.7 Å². The molecule has 0 saturated heterocycles. The van der Waals surface area contributed by atoms with E-state index < -0.39 is 42.9 Å². The maximum Gasteiger partial charge on any atom is 0.416 e. The van der Waals surface area contributed by atoms with Crippen LogP contribution < -0.4 is 0 Å². The Hall–Kier alpha value is -2.49. The van der Waals surface area contributed by atoms with Crippen molar-refractivity contribution in [1.29, 1.82) is 4.78 Å². The van der Waals surface area contributed by atoms with Crippen LogP contribution in [0.4, 0.5) is 13.2 Å². The van der Waals surface area contributed by atoms with Crippen LogP contribution in [0.25, 0.3) is 0 Å². The second-order valence-corrected chi connectivity index (χ2v) is 6.56. The Bertz CT molecular complexity index is 880. The van der Waals surface area contributed by atoms with Crippen molar-refractivity contribution in [2.75, 3.05) is 0 Å². The molecule has 2 N–H and O–H groups in total. The number of alkyl halides is 3. The summed E-state index contributed by atoms with van der Waals surface area (Å²) in [5, 5.41) is 15.5. The molecule has 0 spiro atoms. The molecule has 0 aliphatic heterocycles. The zero-order valence-corrected chi connectivity index (χ0v) is 12.4. The SMILES string of the molecule is Cc1cc(C(=O)O)c([S@](=N)(=O)c2cccc(C(F)(F)F)c2)nn1. The van der Waals surface area contributed by atoms with Crippen molar-refractivity contribution in [3.63, 3.8) is 0 Å². The van der Waals surface area contributed by atoms with Crippen LogP contribution in [-0.4, -0.2) is 25.5 Å². The predicted octanol–water partition coefficient (Wildman–Crippen LogP) is 2.97. The lowest BCUT2D eigenvalue weighted by molar-refractivity contribution is -0.137. The molecule has 0 aliphatic carbocycles. The van der Waals surface area contributed by atoms with Gasteiger partial charge < -0.3 is 5.11 Å². The van der Waals surface area contributed by atoms with Gasteiger partial charge in [0.2, 0.25) is 0 Å². The highest BCUT2D eigenvalue weighted by Crippen LogP contribution is 2.32. The number of aromatic carboxylic acids is 1. The second-order valence-electron chi connectivity index (χ2n) is 4.59. The van der Waals surface area contributed by atoms with Crippen LogP contribution in [0.1, 0.15) is 21.6 Å². The number of benzene rings is 1. The van der Waals surface area contributed by atoms with E-state index in [4.69, 9.17) is 9.89 Å². The van der Waals surface area contributed by atoms with Crippen molar-refractivity contribution in [1.82, 2.24) is 10.2 Å². The van der Waals surface area contributed by atoms with Gasteiger partial charge in [-0.1, -0.05) is 6.07 Å². The van der Waals surface area contributed by atoms with Crippen LogP contribution in [0.3, 0.4) is 0 Å². The molecular weight excluding hydrogens is 335 g/mol. The van der Waals surface area contributed by atoms with Gasteiger partial charge in [0.25, 0.3) is 0 Å². The van der Waals surface area contributed by atoms with E-state index in [0.29, 0.717) is 6.07 Å². The van der Waals surface area contributed by atoms with Crippen molar-refractivity contribution in [2.24, 2.45) is 0 Å². The molecule has 10 heteroatoms. The van der Waals surface area contributed by atoms with Gasteiger partial charge in [-0.05, 0) is 31.2 Å². The molecule has 2 aromatic rings. The first-order valence-electron chi connectivity index (χ1n) is 6.07. The zero-order chi connectivity index (χ0) is 17.4. The first kappa shape index (κ1) is 16.9. The number of aromatic nitrogens is 2. The van der Waals surface area contributed by atoms with E-state index in [1.807, 2.05) is 0 Å². The first-order chi connectivity index (χ1) is 10.5. The Kier molecular flexibility index (Phi) is 4.12. The van der Waals surface area contributed by atoms with Gasteiger partial charge >= 0.3 is 12.1 Å². The summed E-state index contributed by atoms with van der Waals surface area (Å²) in [6.45, 7) is 1.44. The highest BCUT2D eigenvalue weighted by Gasteiger charge is 2.32. The maximum atomic E-state index is 12.7. The number of hydrogen-bond donors (Lipinski definition) is 2. The number of aryl methyl sites for hydroxylation is 1. The number of carboxylic acids is 1. The quantitative estimate of drug-likeness (QED) is 0.890. The standard InChI is InChI=1S/C13H10F3N3O3S/c1-7-5-10(12(20)21)11(19-18-7)23(17,22)9-4-2-3-8(6-9)13(14,15)16/h2-6,17H,1H3,(H,20,21)/t23-/m1/s1. The zero-order valence-electron chi connectivity index (χ0n) is 11.6. The third kappa shape index (κ3) is 3.31. The highest BCUT2D eigenvalue weighted by molar-refractivity contribution is 7.92. The minimum Gasteiger partial charge on any atom is -0.478 e. The first-order valence-corrected chi connectivity index (χ1v) is 7.63. The van der Waals surface area contributed by atoms with Gasteiger partial charge in [-0.25, -0.2) is 13.8 Å². The van der Waals surface area contributed by atoms with Gasteiger partial charge in [0.05, 0.1) is 21.7 Å². The van der Waals surface area contributed by atoms with Crippen molar-refractivity contribution < 1.29 is 27.3 Å². The average molecular weight is 345 g/mol. The summed E-state index contributed by atoms with van der Waals surface area (Å²) in [6, 6.07) is 4.42. The highest BCUT2D eigenvalue weighted by atomic mass is 32.2. The summed E-state index contributed by atoms with van der Waals surface area (Å²) >= 11 is 0. The van der Waals surface area contributed by atoms with E-state index in [9.17, 15) is 22.2 Å². The summed E-state index contributed by atoms with van der Waals surface area (Å²) in [5.74, 6) is -1.50. The summed E-state index contributed by atoms with van der Waals surface area (Å²) in [7, 11) is -4.07. The Morgan fingerprint density at radius 1 is 1.26 bits per heavy atom. The number of carboxylic acid groups (broad SMARTS) is 1. The maximum absolute atomic E-state index is 12.7. The summed E-state index contributed by atoms with van der Waals surface area (Å²) in [6.07, 6.45) is -4.68. The Labute approximate surface area is 129 Å². The molecule has 0 aliphatic rings. The smallest absolute Gasteiger partial charge is 0.416 e. The van der Waals surface area contributed by atoms with Crippen LogP contribution in [0, 0.1) is 11.7 Å². The minimum atomic E-state index is -4.68. The van der Waals surface area contributed by atoms with E-state index in [1.165, 1.54) is 6.92 Å². The van der Waals surface area contributed by atoms with Crippen molar-refractivity contribution in [3.05, 3.63) is 47.2 Å². The number of nitrogens with zero attached hydrogens (tertiary/aromatic N) is 2. The molecule has 1 aromatic carbocycles. The van der Waals surface area contributed by atoms with Crippen LogP contribution in [0.5, 0.6) is 0 Å². The molecule has 6 nitrogen and oxygen atoms in total. The monoisotopic (exact) mass is 345 g/mol. The molecular formula is C13H10F3N3O3S. The molecule has 0 fully saturated rings. The number of nitrogens with one attached hydrogen (secondary N) is 1. The molecule has 0 bridgehead atoms. The number of carbonyl (C=O) groups is 1. The summed E-state index contributed by atoms with van der Waals surface area (Å²) < 4.78 is 58.8. The molecule has 2 rings (SSSR count). The van der Waals surface area contributed by atoms with Gasteiger partial charge in [-0.3, -0.25) is 0 Å². The fourth-order valence-corrected chi connectivity index (χ4v) is 3.20. The second kappa shape index (κ2) is 5.61. The van der Waals surface area contributed by atoms with Gasteiger partial charge in [-0.15, -0.1) is 5.10 Å². The van der Waals surface area contributed by atoms with E-state index in [2.05, 4.69) is 10.2 Å². The van der Waals surface area contributed by atoms with E-state index >= 15 is 0 Å². The van der Waals surface area contributed by atoms with E-state index in [-0.39, 0.29) is 5.69 Å². The molecule has 0 radical (unpaired) electrons. The molecule has 1 heterocycles. The lowest BCUT2D eigenvalue weighted by Crippen LogP contribution is -2.14. The molecule has 0 unspecified atom stereocenters. The number of rotatable bonds is 3. The Balaban J connectivity index is 2.67. The number of hydrogen-bond acceptors (Lipinski definition) is 5. The topological polar surface area (TPSA) is 104 Å². The van der Waals surface area contributed by atoms with Crippen molar-refractivity contribution in [2.45, 2.75) is 23.0 Å². The van der Waals surface area contributed by atoms with Crippen LogP contribution in [0.2, 0.25) is 0 Å². The minimum absolute atomic E-state index is 0.213. The number of halogens is 3. The average Bonchev–Trinajstić information content (AvgIpc) is 2.46. The third-order valence-corrected chi connectivity index (χ3v) is 4.64. The predicted molar refractivity (Wildman–Crippen MR) is 72.6 cm³/mol. The molecule has 1 atom stereocenters. The lowest BCUT2D eigenvalue weighted by atomic mass is 10.2.